The van der Waals surface area contributed by atoms with Crippen molar-refractivity contribution < 1.29 is 4.74 Å². The Morgan fingerprint density at radius 1 is 0.852 bits per heavy atom. The van der Waals surface area contributed by atoms with Gasteiger partial charge in [0, 0.05) is 6.61 Å². The van der Waals surface area contributed by atoms with Crippen molar-refractivity contribution >= 4 is 0 Å². The first-order valence-electron chi connectivity index (χ1n) is 11.9. The van der Waals surface area contributed by atoms with Crippen LogP contribution in [0.2, 0.25) is 0 Å². The van der Waals surface area contributed by atoms with Crippen molar-refractivity contribution in [2.75, 3.05) is 6.61 Å². The maximum atomic E-state index is 6.23. The molecule has 0 radical (unpaired) electrons. The lowest BCUT2D eigenvalue weighted by Gasteiger charge is -2.45. The van der Waals surface area contributed by atoms with Crippen molar-refractivity contribution in [3.05, 3.63) is 34.9 Å². The summed E-state index contributed by atoms with van der Waals surface area (Å²) < 4.78 is 6.23. The highest BCUT2D eigenvalue weighted by molar-refractivity contribution is 5.33. The van der Waals surface area contributed by atoms with E-state index < -0.39 is 0 Å². The number of benzene rings is 1. The molecule has 0 saturated heterocycles. The zero-order valence-electron chi connectivity index (χ0n) is 17.7. The average molecular weight is 369 g/mol. The van der Waals surface area contributed by atoms with Crippen LogP contribution in [-0.2, 0) is 17.6 Å². The predicted octanol–water partition coefficient (Wildman–Crippen LogP) is 6.89. The molecule has 2 fully saturated rings. The zero-order chi connectivity index (χ0) is 18.6. The Morgan fingerprint density at radius 2 is 1.63 bits per heavy atom. The number of hydrogen-bond donors (Lipinski definition) is 0. The molecule has 1 aromatic rings. The van der Waals surface area contributed by atoms with E-state index in [1.807, 2.05) is 0 Å². The summed E-state index contributed by atoms with van der Waals surface area (Å²) in [6.07, 6.45) is 17.1. The summed E-state index contributed by atoms with van der Waals surface area (Å²) in [7, 11) is 0. The number of unbranched alkanes of at least 4 members (excludes halogenated alkanes) is 2. The van der Waals surface area contributed by atoms with E-state index >= 15 is 0 Å². The van der Waals surface area contributed by atoms with Gasteiger partial charge in [-0.3, -0.25) is 0 Å². The van der Waals surface area contributed by atoms with E-state index in [1.165, 1.54) is 82.6 Å². The molecule has 0 aliphatic heterocycles. The van der Waals surface area contributed by atoms with Crippen molar-refractivity contribution in [1.82, 2.24) is 0 Å². The molecule has 5 unspecified atom stereocenters. The lowest BCUT2D eigenvalue weighted by atomic mass is 9.62. The molecular formula is C26H40O. The highest BCUT2D eigenvalue weighted by Crippen LogP contribution is 2.47. The van der Waals surface area contributed by atoms with Gasteiger partial charge in [0.1, 0.15) is 0 Å². The summed E-state index contributed by atoms with van der Waals surface area (Å²) in [5.74, 6) is 3.90. The quantitative estimate of drug-likeness (QED) is 0.497. The summed E-state index contributed by atoms with van der Waals surface area (Å²) in [6, 6.07) is 7.17. The Balaban J connectivity index is 1.27. The molecule has 3 aliphatic carbocycles. The first-order valence-corrected chi connectivity index (χ1v) is 11.9. The van der Waals surface area contributed by atoms with Gasteiger partial charge in [-0.2, -0.15) is 0 Å². The van der Waals surface area contributed by atoms with Gasteiger partial charge in [-0.1, -0.05) is 43.5 Å². The fraction of sp³-hybridized carbons (Fsp3) is 0.769. The fourth-order valence-corrected chi connectivity index (χ4v) is 6.38. The molecule has 27 heavy (non-hydrogen) atoms. The summed E-state index contributed by atoms with van der Waals surface area (Å²) >= 11 is 0. The van der Waals surface area contributed by atoms with Gasteiger partial charge in [0.25, 0.3) is 0 Å². The molecular weight excluding hydrogens is 328 g/mol. The van der Waals surface area contributed by atoms with Gasteiger partial charge in [0.15, 0.2) is 0 Å². The molecule has 3 aliphatic rings. The second-order valence-corrected chi connectivity index (χ2v) is 9.88. The zero-order valence-corrected chi connectivity index (χ0v) is 17.7. The molecule has 0 heterocycles. The van der Waals surface area contributed by atoms with Crippen LogP contribution < -0.4 is 0 Å². The lowest BCUT2D eigenvalue weighted by molar-refractivity contribution is -0.0249. The second-order valence-electron chi connectivity index (χ2n) is 9.88. The number of ether oxygens (including phenoxy) is 1. The third kappa shape index (κ3) is 4.78. The minimum Gasteiger partial charge on any atom is -0.378 e. The van der Waals surface area contributed by atoms with Gasteiger partial charge in [-0.05, 0) is 106 Å². The highest BCUT2D eigenvalue weighted by Gasteiger charge is 2.38. The third-order valence-corrected chi connectivity index (χ3v) is 8.00. The van der Waals surface area contributed by atoms with Crippen LogP contribution in [-0.4, -0.2) is 12.7 Å². The summed E-state index contributed by atoms with van der Waals surface area (Å²) in [6.45, 7) is 5.51. The average Bonchev–Trinajstić information content (AvgIpc) is 2.70. The fourth-order valence-electron chi connectivity index (χ4n) is 6.38. The van der Waals surface area contributed by atoms with E-state index in [0.717, 1.165) is 30.3 Å². The van der Waals surface area contributed by atoms with Crippen molar-refractivity contribution in [2.45, 2.75) is 97.0 Å². The first kappa shape index (κ1) is 19.5. The van der Waals surface area contributed by atoms with Crippen LogP contribution in [0.5, 0.6) is 0 Å². The van der Waals surface area contributed by atoms with Gasteiger partial charge >= 0.3 is 0 Å². The van der Waals surface area contributed by atoms with Crippen LogP contribution in [0.4, 0.5) is 0 Å². The lowest BCUT2D eigenvalue weighted by Crippen LogP contribution is -2.37. The molecule has 2 saturated carbocycles. The number of rotatable bonds is 6. The standard InChI is InChI=1S/C26H40O/c1-3-4-5-14-27-26-13-12-24-17-23(10-11-25(24)18-26)22-9-8-20-15-19(2)6-7-21(20)16-22/h6-7,15,22-26H,3-5,8-14,16-18H2,1-2H3. The molecule has 1 aromatic carbocycles. The number of aryl methyl sites for hydroxylation is 2. The molecule has 0 bridgehead atoms. The molecule has 1 heteroatoms. The van der Waals surface area contributed by atoms with E-state index in [4.69, 9.17) is 4.74 Å². The van der Waals surface area contributed by atoms with Crippen LogP contribution in [0, 0.1) is 30.6 Å². The first-order chi connectivity index (χ1) is 13.2. The molecule has 1 nitrogen and oxygen atoms in total. The van der Waals surface area contributed by atoms with Crippen LogP contribution in [0.1, 0.15) is 87.8 Å². The van der Waals surface area contributed by atoms with Crippen molar-refractivity contribution in [3.8, 4) is 0 Å². The van der Waals surface area contributed by atoms with Crippen LogP contribution in [0.25, 0.3) is 0 Å². The maximum absolute atomic E-state index is 6.23. The third-order valence-electron chi connectivity index (χ3n) is 8.00. The predicted molar refractivity (Wildman–Crippen MR) is 114 cm³/mol. The minimum absolute atomic E-state index is 0.574. The summed E-state index contributed by atoms with van der Waals surface area (Å²) in [5.41, 5.74) is 4.73. The molecule has 0 amide bonds. The Kier molecular flexibility index (Phi) is 6.58. The van der Waals surface area contributed by atoms with Crippen LogP contribution in [0.15, 0.2) is 18.2 Å². The van der Waals surface area contributed by atoms with Gasteiger partial charge in [-0.15, -0.1) is 0 Å². The molecule has 0 aromatic heterocycles. The Morgan fingerprint density at radius 3 is 2.48 bits per heavy atom. The van der Waals surface area contributed by atoms with Gasteiger partial charge in [0.2, 0.25) is 0 Å². The van der Waals surface area contributed by atoms with Gasteiger partial charge in [0.05, 0.1) is 6.10 Å². The number of hydrogen-bond acceptors (Lipinski definition) is 1. The Hall–Kier alpha value is -0.820. The molecule has 0 N–H and O–H groups in total. The van der Waals surface area contributed by atoms with Crippen LogP contribution >= 0.6 is 0 Å². The smallest absolute Gasteiger partial charge is 0.0578 e. The molecule has 0 spiro atoms. The van der Waals surface area contributed by atoms with E-state index in [9.17, 15) is 0 Å². The summed E-state index contributed by atoms with van der Waals surface area (Å²) in [4.78, 5) is 0. The highest BCUT2D eigenvalue weighted by atomic mass is 16.5. The largest absolute Gasteiger partial charge is 0.378 e. The SMILES string of the molecule is CCCCCOC1CCC2CC(C3CCc4cc(C)ccc4C3)CCC2C1. The van der Waals surface area contributed by atoms with Gasteiger partial charge < -0.3 is 4.74 Å². The maximum Gasteiger partial charge on any atom is 0.0578 e. The van der Waals surface area contributed by atoms with E-state index in [1.54, 1.807) is 11.1 Å². The van der Waals surface area contributed by atoms with Crippen LogP contribution in [0.3, 0.4) is 0 Å². The second kappa shape index (κ2) is 9.12. The Bertz CT molecular complexity index is 606. The molecule has 150 valence electrons. The number of fused-ring (bicyclic) bond motifs is 2. The van der Waals surface area contributed by atoms with Gasteiger partial charge in [-0.25, -0.2) is 0 Å². The topological polar surface area (TPSA) is 9.23 Å². The molecule has 4 rings (SSSR count). The molecule has 5 atom stereocenters. The normalized spacial score (nSPS) is 33.3. The van der Waals surface area contributed by atoms with E-state index in [2.05, 4.69) is 32.0 Å². The van der Waals surface area contributed by atoms with E-state index in [0.29, 0.717) is 6.10 Å². The van der Waals surface area contributed by atoms with Crippen molar-refractivity contribution in [3.63, 3.8) is 0 Å². The van der Waals surface area contributed by atoms with Crippen molar-refractivity contribution in [1.29, 1.82) is 0 Å². The Labute approximate surface area is 167 Å². The minimum atomic E-state index is 0.574. The van der Waals surface area contributed by atoms with Crippen molar-refractivity contribution in [2.24, 2.45) is 23.7 Å². The summed E-state index contributed by atoms with van der Waals surface area (Å²) in [5, 5.41) is 0. The van der Waals surface area contributed by atoms with E-state index in [-0.39, 0.29) is 0 Å². The monoisotopic (exact) mass is 368 g/mol.